The lowest BCUT2D eigenvalue weighted by Gasteiger charge is -2.23. The van der Waals surface area contributed by atoms with Crippen molar-refractivity contribution in [3.8, 4) is 5.75 Å². The predicted octanol–water partition coefficient (Wildman–Crippen LogP) is 2.65. The molecule has 3 N–H and O–H groups in total. The smallest absolute Gasteiger partial charge is 0.122 e. The highest BCUT2D eigenvalue weighted by Gasteiger charge is 2.09. The number of phenolic OH excluding ortho intramolecular Hbond substituents is 1. The third-order valence-electron chi connectivity index (χ3n) is 2.74. The molecule has 0 fully saturated rings. The fourth-order valence-corrected chi connectivity index (χ4v) is 1.85. The molecule has 3 nitrogen and oxygen atoms in total. The van der Waals surface area contributed by atoms with Gasteiger partial charge in [0.25, 0.3) is 0 Å². The maximum atomic E-state index is 9.87. The van der Waals surface area contributed by atoms with E-state index in [4.69, 9.17) is 5.73 Å². The molecule has 1 unspecified atom stereocenters. The lowest BCUT2D eigenvalue weighted by molar-refractivity contribution is 0.463. The van der Waals surface area contributed by atoms with Crippen LogP contribution in [0.3, 0.4) is 0 Å². The van der Waals surface area contributed by atoms with Crippen LogP contribution >= 0.6 is 0 Å². The van der Waals surface area contributed by atoms with Crippen molar-refractivity contribution in [2.45, 2.75) is 33.2 Å². The van der Waals surface area contributed by atoms with Gasteiger partial charge in [0.1, 0.15) is 5.75 Å². The molecule has 0 aliphatic rings. The summed E-state index contributed by atoms with van der Waals surface area (Å²) in [4.78, 5) is 2.24. The Hall–Kier alpha value is -1.22. The van der Waals surface area contributed by atoms with Gasteiger partial charge in [0.15, 0.2) is 0 Å². The van der Waals surface area contributed by atoms with Gasteiger partial charge in [-0.15, -0.1) is 0 Å². The molecule has 0 heterocycles. The van der Waals surface area contributed by atoms with E-state index in [1.54, 1.807) is 6.07 Å². The van der Waals surface area contributed by atoms with Crippen LogP contribution in [0.1, 0.15) is 38.8 Å². The number of nitrogens with two attached hydrogens (primary N) is 1. The van der Waals surface area contributed by atoms with Gasteiger partial charge >= 0.3 is 0 Å². The second-order valence-corrected chi connectivity index (χ2v) is 4.11. The first-order valence-corrected chi connectivity index (χ1v) is 5.93. The molecule has 0 aliphatic heterocycles. The number of hydrogen-bond donors (Lipinski definition) is 2. The zero-order valence-corrected chi connectivity index (χ0v) is 10.4. The molecule has 90 valence electrons. The van der Waals surface area contributed by atoms with Gasteiger partial charge in [-0.25, -0.2) is 0 Å². The maximum absolute atomic E-state index is 9.87. The number of benzene rings is 1. The second-order valence-electron chi connectivity index (χ2n) is 4.11. The predicted molar refractivity (Wildman–Crippen MR) is 68.9 cm³/mol. The standard InChI is InChI=1S/C13H22N2O/c1-4-8-15(5-2)11-6-7-12(10(3)14)13(16)9-11/h6-7,9-10,16H,4-5,8,14H2,1-3H3. The van der Waals surface area contributed by atoms with Gasteiger partial charge in [0.2, 0.25) is 0 Å². The Kier molecular flexibility index (Phi) is 4.62. The summed E-state index contributed by atoms with van der Waals surface area (Å²) in [6, 6.07) is 5.61. The van der Waals surface area contributed by atoms with Gasteiger partial charge in [-0.05, 0) is 26.3 Å². The molecular weight excluding hydrogens is 200 g/mol. The Bertz CT molecular complexity index is 337. The third-order valence-corrected chi connectivity index (χ3v) is 2.74. The quantitative estimate of drug-likeness (QED) is 0.805. The number of aromatic hydroxyl groups is 1. The number of hydrogen-bond acceptors (Lipinski definition) is 3. The number of anilines is 1. The Morgan fingerprint density at radius 2 is 2.06 bits per heavy atom. The molecular formula is C13H22N2O. The topological polar surface area (TPSA) is 49.5 Å². The first kappa shape index (κ1) is 12.8. The van der Waals surface area contributed by atoms with E-state index in [1.807, 2.05) is 19.1 Å². The second kappa shape index (κ2) is 5.75. The summed E-state index contributed by atoms with van der Waals surface area (Å²) in [7, 11) is 0. The Labute approximate surface area is 97.9 Å². The average molecular weight is 222 g/mol. The van der Waals surface area contributed by atoms with Crippen LogP contribution < -0.4 is 10.6 Å². The van der Waals surface area contributed by atoms with Gasteiger partial charge in [0.05, 0.1) is 0 Å². The van der Waals surface area contributed by atoms with Crippen LogP contribution in [0.4, 0.5) is 5.69 Å². The monoisotopic (exact) mass is 222 g/mol. The van der Waals surface area contributed by atoms with Crippen LogP contribution in [-0.4, -0.2) is 18.2 Å². The van der Waals surface area contributed by atoms with Crippen LogP contribution in [0, 0.1) is 0 Å². The summed E-state index contributed by atoms with van der Waals surface area (Å²) in [6.07, 6.45) is 1.10. The molecule has 0 amide bonds. The summed E-state index contributed by atoms with van der Waals surface area (Å²) in [5.74, 6) is 0.294. The SMILES string of the molecule is CCCN(CC)c1ccc(C(C)N)c(O)c1. The van der Waals surface area contributed by atoms with Crippen LogP contribution in [0.25, 0.3) is 0 Å². The van der Waals surface area contributed by atoms with Crippen molar-refractivity contribution < 1.29 is 5.11 Å². The van der Waals surface area contributed by atoms with Gasteiger partial charge in [-0.1, -0.05) is 13.0 Å². The molecule has 0 saturated carbocycles. The molecule has 0 radical (unpaired) electrons. The molecule has 1 rings (SSSR count). The van der Waals surface area contributed by atoms with Crippen molar-refractivity contribution in [2.75, 3.05) is 18.0 Å². The molecule has 3 heteroatoms. The summed E-state index contributed by atoms with van der Waals surface area (Å²) in [6.45, 7) is 8.10. The van der Waals surface area contributed by atoms with Crippen molar-refractivity contribution in [1.82, 2.24) is 0 Å². The molecule has 0 bridgehead atoms. The summed E-state index contributed by atoms with van der Waals surface area (Å²) < 4.78 is 0. The van der Waals surface area contributed by atoms with Crippen LogP contribution in [0.5, 0.6) is 5.75 Å². The first-order chi connectivity index (χ1) is 7.60. The minimum Gasteiger partial charge on any atom is -0.508 e. The van der Waals surface area contributed by atoms with Crippen molar-refractivity contribution in [3.63, 3.8) is 0 Å². The fourth-order valence-electron chi connectivity index (χ4n) is 1.85. The highest BCUT2D eigenvalue weighted by atomic mass is 16.3. The van der Waals surface area contributed by atoms with E-state index in [9.17, 15) is 5.11 Å². The van der Waals surface area contributed by atoms with Crippen LogP contribution in [0.2, 0.25) is 0 Å². The van der Waals surface area contributed by atoms with Crippen LogP contribution in [-0.2, 0) is 0 Å². The highest BCUT2D eigenvalue weighted by Crippen LogP contribution is 2.28. The molecule has 1 atom stereocenters. The van der Waals surface area contributed by atoms with Crippen LogP contribution in [0.15, 0.2) is 18.2 Å². The zero-order valence-electron chi connectivity index (χ0n) is 10.4. The van der Waals surface area contributed by atoms with E-state index in [1.165, 1.54) is 0 Å². The number of nitrogens with zero attached hydrogens (tertiary/aromatic N) is 1. The van der Waals surface area contributed by atoms with Crippen molar-refractivity contribution in [2.24, 2.45) is 5.73 Å². The summed E-state index contributed by atoms with van der Waals surface area (Å²) >= 11 is 0. The van der Waals surface area contributed by atoms with E-state index in [-0.39, 0.29) is 6.04 Å². The third kappa shape index (κ3) is 2.89. The molecule has 0 saturated heterocycles. The molecule has 1 aromatic rings. The Balaban J connectivity index is 2.95. The van der Waals surface area contributed by atoms with E-state index >= 15 is 0 Å². The first-order valence-electron chi connectivity index (χ1n) is 5.93. The fraction of sp³-hybridized carbons (Fsp3) is 0.538. The molecule has 0 aliphatic carbocycles. The average Bonchev–Trinajstić information content (AvgIpc) is 2.25. The van der Waals surface area contributed by atoms with Crippen molar-refractivity contribution >= 4 is 5.69 Å². The molecule has 0 spiro atoms. The van der Waals surface area contributed by atoms with Crippen molar-refractivity contribution in [3.05, 3.63) is 23.8 Å². The van der Waals surface area contributed by atoms with Gasteiger partial charge in [-0.3, -0.25) is 0 Å². The number of phenols is 1. The Morgan fingerprint density at radius 1 is 1.38 bits per heavy atom. The zero-order chi connectivity index (χ0) is 12.1. The highest BCUT2D eigenvalue weighted by molar-refractivity contribution is 5.53. The lowest BCUT2D eigenvalue weighted by atomic mass is 10.1. The molecule has 16 heavy (non-hydrogen) atoms. The largest absolute Gasteiger partial charge is 0.508 e. The van der Waals surface area contributed by atoms with Gasteiger partial charge in [-0.2, -0.15) is 0 Å². The minimum atomic E-state index is -0.129. The summed E-state index contributed by atoms with van der Waals surface area (Å²) in [5, 5.41) is 9.87. The Morgan fingerprint density at radius 3 is 2.50 bits per heavy atom. The van der Waals surface area contributed by atoms with E-state index in [0.717, 1.165) is 30.8 Å². The minimum absolute atomic E-state index is 0.129. The molecule has 1 aromatic carbocycles. The molecule has 0 aromatic heterocycles. The summed E-state index contributed by atoms with van der Waals surface area (Å²) in [5.41, 5.74) is 7.62. The van der Waals surface area contributed by atoms with Gasteiger partial charge < -0.3 is 15.7 Å². The number of rotatable bonds is 5. The van der Waals surface area contributed by atoms with E-state index in [2.05, 4.69) is 18.7 Å². The van der Waals surface area contributed by atoms with Gasteiger partial charge in [0, 0.05) is 36.4 Å². The normalized spacial score (nSPS) is 12.5. The van der Waals surface area contributed by atoms with Crippen molar-refractivity contribution in [1.29, 1.82) is 0 Å². The lowest BCUT2D eigenvalue weighted by Crippen LogP contribution is -2.23. The van der Waals surface area contributed by atoms with E-state index in [0.29, 0.717) is 5.75 Å². The maximum Gasteiger partial charge on any atom is 0.122 e. The van der Waals surface area contributed by atoms with E-state index < -0.39 is 0 Å².